The van der Waals surface area contributed by atoms with Crippen LogP contribution in [0.25, 0.3) is 0 Å². The lowest BCUT2D eigenvalue weighted by Crippen LogP contribution is -2.25. The number of hydrogen-bond donors (Lipinski definition) is 1. The number of methoxy groups -OCH3 is 1. The minimum atomic E-state index is -0.305. The number of nitrogens with one attached hydrogen (secondary N) is 1. The largest absolute Gasteiger partial charge is 0.497 e. The number of amides is 1. The molecule has 2 aromatic rings. The highest BCUT2D eigenvalue weighted by Gasteiger charge is 2.10. The SMILES string of the molecule is COc1ccc(/C=N/NC(=O)COc2cc(C)ccc2C(C)C)cc1. The topological polar surface area (TPSA) is 59.9 Å². The maximum atomic E-state index is 11.9. The van der Waals surface area contributed by atoms with Crippen LogP contribution in [0.4, 0.5) is 0 Å². The highest BCUT2D eigenvalue weighted by atomic mass is 16.5. The molecule has 0 atom stereocenters. The van der Waals surface area contributed by atoms with Gasteiger partial charge in [0.25, 0.3) is 5.91 Å². The van der Waals surface area contributed by atoms with Crippen molar-refractivity contribution < 1.29 is 14.3 Å². The first-order valence-corrected chi connectivity index (χ1v) is 8.19. The van der Waals surface area contributed by atoms with Crippen molar-refractivity contribution in [2.75, 3.05) is 13.7 Å². The first-order chi connectivity index (χ1) is 12.0. The number of rotatable bonds is 7. The van der Waals surface area contributed by atoms with Crippen LogP contribution in [-0.4, -0.2) is 25.8 Å². The molecular formula is C20H24N2O3. The number of carbonyl (C=O) groups is 1. The van der Waals surface area contributed by atoms with E-state index in [9.17, 15) is 4.79 Å². The van der Waals surface area contributed by atoms with Crippen LogP contribution in [0, 0.1) is 6.92 Å². The summed E-state index contributed by atoms with van der Waals surface area (Å²) in [5, 5.41) is 3.94. The first-order valence-electron chi connectivity index (χ1n) is 8.19. The van der Waals surface area contributed by atoms with Gasteiger partial charge in [-0.1, -0.05) is 26.0 Å². The van der Waals surface area contributed by atoms with Crippen LogP contribution in [0.2, 0.25) is 0 Å². The summed E-state index contributed by atoms with van der Waals surface area (Å²) < 4.78 is 10.8. The van der Waals surface area contributed by atoms with E-state index < -0.39 is 0 Å². The lowest BCUT2D eigenvalue weighted by Gasteiger charge is -2.14. The minimum Gasteiger partial charge on any atom is -0.497 e. The number of nitrogens with zero attached hydrogens (tertiary/aromatic N) is 1. The van der Waals surface area contributed by atoms with Crippen LogP contribution >= 0.6 is 0 Å². The molecule has 0 fully saturated rings. The molecule has 0 aliphatic carbocycles. The Kier molecular flexibility index (Phi) is 6.57. The fraction of sp³-hybridized carbons (Fsp3) is 0.300. The lowest BCUT2D eigenvalue weighted by atomic mass is 10.0. The smallest absolute Gasteiger partial charge is 0.277 e. The van der Waals surface area contributed by atoms with E-state index in [1.165, 1.54) is 0 Å². The van der Waals surface area contributed by atoms with Crippen LogP contribution in [0.15, 0.2) is 47.6 Å². The molecule has 0 spiro atoms. The van der Waals surface area contributed by atoms with Gasteiger partial charge in [0, 0.05) is 0 Å². The molecule has 0 bridgehead atoms. The summed E-state index contributed by atoms with van der Waals surface area (Å²) in [6.45, 7) is 6.10. The highest BCUT2D eigenvalue weighted by molar-refractivity contribution is 5.83. The van der Waals surface area contributed by atoms with Gasteiger partial charge in [-0.2, -0.15) is 5.10 Å². The zero-order valence-electron chi connectivity index (χ0n) is 15.1. The lowest BCUT2D eigenvalue weighted by molar-refractivity contribution is -0.123. The average Bonchev–Trinajstić information content (AvgIpc) is 2.60. The molecule has 0 heterocycles. The third-order valence-corrected chi connectivity index (χ3v) is 3.67. The third kappa shape index (κ3) is 5.64. The van der Waals surface area contributed by atoms with E-state index in [2.05, 4.69) is 24.4 Å². The van der Waals surface area contributed by atoms with Crippen LogP contribution in [0.1, 0.15) is 36.5 Å². The summed E-state index contributed by atoms with van der Waals surface area (Å²) in [5.74, 6) is 1.53. The zero-order valence-corrected chi connectivity index (χ0v) is 15.1. The molecule has 0 saturated heterocycles. The molecule has 0 unspecified atom stereocenters. The average molecular weight is 340 g/mol. The minimum absolute atomic E-state index is 0.0802. The van der Waals surface area contributed by atoms with E-state index in [0.29, 0.717) is 5.92 Å². The highest BCUT2D eigenvalue weighted by Crippen LogP contribution is 2.27. The summed E-state index contributed by atoms with van der Waals surface area (Å²) in [7, 11) is 1.61. The summed E-state index contributed by atoms with van der Waals surface area (Å²) >= 11 is 0. The molecule has 1 N–H and O–H groups in total. The summed E-state index contributed by atoms with van der Waals surface area (Å²) in [6, 6.07) is 13.4. The monoisotopic (exact) mass is 340 g/mol. The summed E-state index contributed by atoms with van der Waals surface area (Å²) in [4.78, 5) is 11.9. The van der Waals surface area contributed by atoms with Crippen molar-refractivity contribution in [3.8, 4) is 11.5 Å². The van der Waals surface area contributed by atoms with E-state index in [4.69, 9.17) is 9.47 Å². The van der Waals surface area contributed by atoms with Crippen LogP contribution in [0.5, 0.6) is 11.5 Å². The Morgan fingerprint density at radius 1 is 1.20 bits per heavy atom. The van der Waals surface area contributed by atoms with Gasteiger partial charge in [0.1, 0.15) is 11.5 Å². The molecule has 5 heteroatoms. The second-order valence-electron chi connectivity index (χ2n) is 6.05. The number of benzene rings is 2. The van der Waals surface area contributed by atoms with Crippen LogP contribution < -0.4 is 14.9 Å². The number of ether oxygens (including phenoxy) is 2. The van der Waals surface area contributed by atoms with Crippen molar-refractivity contribution in [1.82, 2.24) is 5.43 Å². The van der Waals surface area contributed by atoms with Crippen molar-refractivity contribution in [3.63, 3.8) is 0 Å². The summed E-state index contributed by atoms with van der Waals surface area (Å²) in [6.07, 6.45) is 1.57. The normalized spacial score (nSPS) is 10.9. The van der Waals surface area contributed by atoms with E-state index in [0.717, 1.165) is 28.2 Å². The summed E-state index contributed by atoms with van der Waals surface area (Å²) in [5.41, 5.74) is 5.51. The van der Waals surface area contributed by atoms with Gasteiger partial charge in [-0.05, 0) is 59.9 Å². The van der Waals surface area contributed by atoms with Crippen molar-refractivity contribution >= 4 is 12.1 Å². The Hall–Kier alpha value is -2.82. The number of aryl methyl sites for hydroxylation is 1. The van der Waals surface area contributed by atoms with E-state index in [-0.39, 0.29) is 12.5 Å². The van der Waals surface area contributed by atoms with Crippen molar-refractivity contribution in [3.05, 3.63) is 59.2 Å². The molecule has 0 saturated carbocycles. The standard InChI is InChI=1S/C20H24N2O3/c1-14(2)18-10-5-15(3)11-19(18)25-13-20(23)22-21-12-16-6-8-17(24-4)9-7-16/h5-12,14H,13H2,1-4H3,(H,22,23)/b21-12+. The van der Waals surface area contributed by atoms with Gasteiger partial charge >= 0.3 is 0 Å². The maximum absolute atomic E-state index is 11.9. The van der Waals surface area contributed by atoms with Gasteiger partial charge < -0.3 is 9.47 Å². The van der Waals surface area contributed by atoms with Crippen molar-refractivity contribution in [2.45, 2.75) is 26.7 Å². The molecule has 2 rings (SSSR count). The van der Waals surface area contributed by atoms with Gasteiger partial charge in [0.2, 0.25) is 0 Å². The maximum Gasteiger partial charge on any atom is 0.277 e. The Morgan fingerprint density at radius 2 is 1.92 bits per heavy atom. The van der Waals surface area contributed by atoms with Gasteiger partial charge in [-0.25, -0.2) is 5.43 Å². The zero-order chi connectivity index (χ0) is 18.2. The van der Waals surface area contributed by atoms with Crippen molar-refractivity contribution in [2.24, 2.45) is 5.10 Å². The molecule has 25 heavy (non-hydrogen) atoms. The van der Waals surface area contributed by atoms with Gasteiger partial charge in [-0.15, -0.1) is 0 Å². The first kappa shape index (κ1) is 18.5. The Balaban J connectivity index is 1.88. The number of hydrazone groups is 1. The Morgan fingerprint density at radius 3 is 2.56 bits per heavy atom. The second kappa shape index (κ2) is 8.87. The van der Waals surface area contributed by atoms with Crippen LogP contribution in [0.3, 0.4) is 0 Å². The molecule has 1 amide bonds. The van der Waals surface area contributed by atoms with Crippen LogP contribution in [-0.2, 0) is 4.79 Å². The molecule has 5 nitrogen and oxygen atoms in total. The molecule has 0 aliphatic rings. The quantitative estimate of drug-likeness (QED) is 0.618. The molecule has 2 aromatic carbocycles. The predicted octanol–water partition coefficient (Wildman–Crippen LogP) is 3.66. The van der Waals surface area contributed by atoms with E-state index in [1.807, 2.05) is 49.4 Å². The number of hydrogen-bond acceptors (Lipinski definition) is 4. The van der Waals surface area contributed by atoms with Gasteiger partial charge in [0.05, 0.1) is 13.3 Å². The molecule has 132 valence electrons. The molecular weight excluding hydrogens is 316 g/mol. The molecule has 0 radical (unpaired) electrons. The Labute approximate surface area is 148 Å². The molecule has 0 aromatic heterocycles. The fourth-order valence-corrected chi connectivity index (χ4v) is 2.29. The van der Waals surface area contributed by atoms with Crippen molar-refractivity contribution in [1.29, 1.82) is 0 Å². The van der Waals surface area contributed by atoms with Gasteiger partial charge in [-0.3, -0.25) is 4.79 Å². The van der Waals surface area contributed by atoms with Gasteiger partial charge in [0.15, 0.2) is 6.61 Å². The third-order valence-electron chi connectivity index (χ3n) is 3.67. The van der Waals surface area contributed by atoms with E-state index >= 15 is 0 Å². The Bertz CT molecular complexity index is 737. The second-order valence-corrected chi connectivity index (χ2v) is 6.05. The fourth-order valence-electron chi connectivity index (χ4n) is 2.29. The predicted molar refractivity (Wildman–Crippen MR) is 99.5 cm³/mol. The van der Waals surface area contributed by atoms with E-state index in [1.54, 1.807) is 13.3 Å². The number of carbonyl (C=O) groups excluding carboxylic acids is 1. The molecule has 0 aliphatic heterocycles.